The van der Waals surface area contributed by atoms with Crippen LogP contribution in [0.5, 0.6) is 0 Å². The molecular formula is C2H7Al2BrO. The maximum atomic E-state index is 5.03. The molecule has 4 heteroatoms. The van der Waals surface area contributed by atoms with Gasteiger partial charge in [-0.3, -0.25) is 0 Å². The van der Waals surface area contributed by atoms with Crippen LogP contribution in [0.15, 0.2) is 0 Å². The van der Waals surface area contributed by atoms with Gasteiger partial charge < -0.3 is 2.84 Å². The van der Waals surface area contributed by atoms with Gasteiger partial charge in [0.15, 0.2) is 0 Å². The lowest BCUT2D eigenvalue weighted by atomic mass is 11.0. The molecule has 0 N–H and O–H groups in total. The van der Waals surface area contributed by atoms with Gasteiger partial charge in [0.2, 0.25) is 0 Å². The minimum Gasteiger partial charge on any atom is -0.644 e. The van der Waals surface area contributed by atoms with Crippen LogP contribution in [0.25, 0.3) is 0 Å². The first-order valence-electron chi connectivity index (χ1n) is 1.96. The molecule has 0 spiro atoms. The van der Waals surface area contributed by atoms with Gasteiger partial charge in [0.1, 0.15) is 0 Å². The van der Waals surface area contributed by atoms with Crippen molar-refractivity contribution in [2.45, 2.75) is 5.28 Å². The standard InChI is InChI=1S/C2H4Br.2Al.O.3H/c1-2-3;;;;;;/h1-2H2;;;;;;. The lowest BCUT2D eigenvalue weighted by Crippen LogP contribution is -1.92. The smallest absolute Gasteiger partial charge is 0.405 e. The topological polar surface area (TPSA) is 9.23 Å². The summed E-state index contributed by atoms with van der Waals surface area (Å²) in [4.78, 5) is 0. The second kappa shape index (κ2) is 6.50. The van der Waals surface area contributed by atoms with E-state index in [4.69, 9.17) is 2.84 Å². The van der Waals surface area contributed by atoms with Crippen molar-refractivity contribution < 1.29 is 2.84 Å². The van der Waals surface area contributed by atoms with Gasteiger partial charge in [-0.15, -0.1) is 0 Å². The summed E-state index contributed by atoms with van der Waals surface area (Å²) in [5.74, 6) is 0. The van der Waals surface area contributed by atoms with E-state index in [1.807, 2.05) is 0 Å². The number of hydrogen-bond donors (Lipinski definition) is 0. The Bertz CT molecular complexity index is 23.5. The summed E-state index contributed by atoms with van der Waals surface area (Å²) in [6, 6.07) is 0. The zero-order valence-electron chi connectivity index (χ0n) is 3.91. The van der Waals surface area contributed by atoms with Crippen molar-refractivity contribution in [1.29, 1.82) is 0 Å². The van der Waals surface area contributed by atoms with Crippen LogP contribution >= 0.6 is 15.9 Å². The normalized spacial score (nSPS) is 8.17. The molecule has 34 valence electrons. The third kappa shape index (κ3) is 5.50. The Balaban J connectivity index is 2.34. The van der Waals surface area contributed by atoms with E-state index < -0.39 is 0 Å². The summed E-state index contributed by atoms with van der Waals surface area (Å²) in [5, 5.41) is 2.41. The quantitative estimate of drug-likeness (QED) is 0.330. The van der Waals surface area contributed by atoms with Crippen molar-refractivity contribution in [3.63, 3.8) is 0 Å². The van der Waals surface area contributed by atoms with Gasteiger partial charge in [-0.05, 0) is 5.33 Å². The molecule has 0 unspecified atom stereocenters. The molecule has 0 aliphatic heterocycles. The van der Waals surface area contributed by atoms with E-state index >= 15 is 0 Å². The Morgan fingerprint density at radius 2 is 2.50 bits per heavy atom. The highest BCUT2D eigenvalue weighted by Crippen LogP contribution is 1.84. The van der Waals surface area contributed by atoms with E-state index in [1.54, 1.807) is 0 Å². The van der Waals surface area contributed by atoms with Crippen LogP contribution in [0.3, 0.4) is 0 Å². The number of halogens is 1. The summed E-state index contributed by atoms with van der Waals surface area (Å²) < 4.78 is 5.03. The Morgan fingerprint density at radius 3 is 2.67 bits per heavy atom. The predicted molar refractivity (Wildman–Crippen MR) is 35.4 cm³/mol. The molecule has 0 aromatic carbocycles. The van der Waals surface area contributed by atoms with Crippen LogP contribution in [0.4, 0.5) is 0 Å². The van der Waals surface area contributed by atoms with E-state index in [0.29, 0.717) is 0 Å². The molecule has 0 aliphatic carbocycles. The Labute approximate surface area is 61.4 Å². The molecule has 0 amide bonds. The summed E-state index contributed by atoms with van der Waals surface area (Å²) in [6.07, 6.45) is 0. The maximum Gasteiger partial charge on any atom is 0.405 e. The fraction of sp³-hybridized carbons (Fsp3) is 1.00. The highest BCUT2D eigenvalue weighted by atomic mass is 79.9. The molecule has 0 aromatic rings. The molecular weight excluding hydrogens is 174 g/mol. The van der Waals surface area contributed by atoms with Crippen molar-refractivity contribution in [2.24, 2.45) is 0 Å². The van der Waals surface area contributed by atoms with Gasteiger partial charge in [0.05, 0.1) is 0 Å². The average molecular weight is 181 g/mol. The van der Waals surface area contributed by atoms with Crippen molar-refractivity contribution in [2.75, 3.05) is 5.33 Å². The molecule has 0 saturated heterocycles. The monoisotopic (exact) mass is 180 g/mol. The Morgan fingerprint density at radius 1 is 1.83 bits per heavy atom. The number of alkyl halides is 1. The first-order valence-corrected chi connectivity index (χ1v) is 5.48. The third-order valence-corrected chi connectivity index (χ3v) is 4.35. The maximum absolute atomic E-state index is 5.03. The van der Waals surface area contributed by atoms with Crippen LogP contribution in [0, 0.1) is 0 Å². The molecule has 0 saturated carbocycles. The van der Waals surface area contributed by atoms with E-state index in [1.165, 1.54) is 5.28 Å². The van der Waals surface area contributed by atoms with Crippen molar-refractivity contribution >= 4 is 48.1 Å². The highest BCUT2D eigenvalue weighted by Gasteiger charge is 1.84. The minimum atomic E-state index is -0.0635. The summed E-state index contributed by atoms with van der Waals surface area (Å²) in [5.41, 5.74) is 0. The largest absolute Gasteiger partial charge is 0.644 e. The second-order valence-corrected chi connectivity index (χ2v) is 5.25. The molecule has 0 heterocycles. The Kier molecular flexibility index (Phi) is 8.14. The summed E-state index contributed by atoms with van der Waals surface area (Å²) in [7, 11) is 0. The van der Waals surface area contributed by atoms with E-state index in [0.717, 1.165) is 22.0 Å². The van der Waals surface area contributed by atoms with E-state index in [9.17, 15) is 0 Å². The fourth-order valence-electron chi connectivity index (χ4n) is 0.199. The Hall–Kier alpha value is 1.50. The van der Waals surface area contributed by atoms with Crippen LogP contribution in [-0.4, -0.2) is 37.5 Å². The van der Waals surface area contributed by atoms with Crippen molar-refractivity contribution in [3.8, 4) is 0 Å². The summed E-state index contributed by atoms with van der Waals surface area (Å²) in [6.45, 7) is 0. The first-order chi connectivity index (χ1) is 2.91. The van der Waals surface area contributed by atoms with Crippen LogP contribution < -0.4 is 0 Å². The molecule has 6 heavy (non-hydrogen) atoms. The van der Waals surface area contributed by atoms with Crippen LogP contribution in [0.2, 0.25) is 5.28 Å². The molecule has 0 bridgehead atoms. The fourth-order valence-corrected chi connectivity index (χ4v) is 2.15. The molecule has 0 rings (SSSR count). The van der Waals surface area contributed by atoms with Crippen LogP contribution in [0.1, 0.15) is 0 Å². The van der Waals surface area contributed by atoms with Crippen molar-refractivity contribution in [1.82, 2.24) is 0 Å². The number of hydrogen-bond acceptors (Lipinski definition) is 1. The molecule has 1 nitrogen and oxygen atoms in total. The van der Waals surface area contributed by atoms with Crippen LogP contribution in [-0.2, 0) is 2.84 Å². The number of rotatable bonds is 3. The SMILES string of the molecule is [AlH2][O][AlH][CH2]CBr. The third-order valence-electron chi connectivity index (χ3n) is 0.482. The lowest BCUT2D eigenvalue weighted by molar-refractivity contribution is 0.663. The van der Waals surface area contributed by atoms with E-state index in [2.05, 4.69) is 15.9 Å². The van der Waals surface area contributed by atoms with Gasteiger partial charge in [-0.25, -0.2) is 0 Å². The van der Waals surface area contributed by atoms with Crippen molar-refractivity contribution in [3.05, 3.63) is 0 Å². The van der Waals surface area contributed by atoms with Gasteiger partial charge >= 0.3 is 32.2 Å². The van der Waals surface area contributed by atoms with Gasteiger partial charge in [-0.1, -0.05) is 21.2 Å². The zero-order valence-corrected chi connectivity index (χ0v) is 8.91. The molecule has 0 radical (unpaired) electrons. The first kappa shape index (κ1) is 7.50. The molecule has 0 atom stereocenters. The molecule has 0 aliphatic rings. The summed E-state index contributed by atoms with van der Waals surface area (Å²) >= 11 is 4.20. The lowest BCUT2D eigenvalue weighted by Gasteiger charge is -1.86. The predicted octanol–water partition coefficient (Wildman–Crippen LogP) is -0.284. The highest BCUT2D eigenvalue weighted by molar-refractivity contribution is 9.09. The minimum absolute atomic E-state index is 0.0635. The zero-order chi connectivity index (χ0) is 4.83. The van der Waals surface area contributed by atoms with Gasteiger partial charge in [0, 0.05) is 0 Å². The molecule has 0 aromatic heterocycles. The average Bonchev–Trinajstić information content (AvgIpc) is 1.61. The van der Waals surface area contributed by atoms with Gasteiger partial charge in [0.25, 0.3) is 0 Å². The second-order valence-electron chi connectivity index (χ2n) is 1.04. The van der Waals surface area contributed by atoms with Gasteiger partial charge in [-0.2, -0.15) is 0 Å². The van der Waals surface area contributed by atoms with E-state index in [-0.39, 0.29) is 15.6 Å². The molecule has 0 fully saturated rings.